The number of aliphatic imine (C=N–C) groups is 1. The molecule has 0 radical (unpaired) electrons. The second-order valence-electron chi connectivity index (χ2n) is 15.6. The van der Waals surface area contributed by atoms with E-state index < -0.39 is 0 Å². The molecule has 2 atom stereocenters. The largest absolute Gasteiger partial charge is 0.341 e. The van der Waals surface area contributed by atoms with Crippen molar-refractivity contribution in [2.45, 2.75) is 51.0 Å². The van der Waals surface area contributed by atoms with E-state index >= 15 is 0 Å². The van der Waals surface area contributed by atoms with E-state index in [1.165, 1.54) is 82.9 Å². The minimum atomic E-state index is -0.148. The van der Waals surface area contributed by atoms with Crippen molar-refractivity contribution in [3.05, 3.63) is 167 Å². The zero-order chi connectivity index (χ0) is 34.7. The van der Waals surface area contributed by atoms with Crippen molar-refractivity contribution in [2.24, 2.45) is 4.99 Å². The molecule has 0 saturated carbocycles. The molecule has 4 heteroatoms. The molecule has 4 aliphatic rings. The molecular formula is C48H40N4. The highest BCUT2D eigenvalue weighted by Crippen LogP contribution is 2.51. The predicted octanol–water partition coefficient (Wildman–Crippen LogP) is 12.0. The molecule has 11 rings (SSSR count). The van der Waals surface area contributed by atoms with Crippen LogP contribution in [0.2, 0.25) is 0 Å². The highest BCUT2D eigenvalue weighted by Gasteiger charge is 2.38. The fraction of sp³-hybridized carbons (Fsp3) is 0.188. The highest BCUT2D eigenvalue weighted by molar-refractivity contribution is 6.25. The van der Waals surface area contributed by atoms with Gasteiger partial charge in [0.2, 0.25) is 5.96 Å². The van der Waals surface area contributed by atoms with Gasteiger partial charge >= 0.3 is 0 Å². The standard InChI is InChI=1S/C48H40N4/c1-29-28-51(32-14-5-4-6-15-32)43-27-44-38(26-37(29)43)45-33-16-8-7-13-30(33)22-24-42(45)52(44)47-49-41-20-12-10-18-36(41)46(50-47)31-21-23-35-34-17-9-11-19-39(34)48(2,3)40(35)25-31/h4-8,10-16,18-27,29,46H,9,17,28H2,1-3H3,(H,49,50). The molecule has 1 N–H and O–H groups in total. The zero-order valence-corrected chi connectivity index (χ0v) is 29.8. The van der Waals surface area contributed by atoms with Crippen molar-refractivity contribution < 1.29 is 0 Å². The summed E-state index contributed by atoms with van der Waals surface area (Å²) in [6, 6.07) is 44.8. The van der Waals surface area contributed by atoms with Gasteiger partial charge in [-0.05, 0) is 93.4 Å². The maximum atomic E-state index is 5.69. The van der Waals surface area contributed by atoms with E-state index in [4.69, 9.17) is 4.99 Å². The molecule has 0 amide bonds. The lowest BCUT2D eigenvalue weighted by atomic mass is 9.79. The van der Waals surface area contributed by atoms with E-state index in [0.717, 1.165) is 31.0 Å². The van der Waals surface area contributed by atoms with Gasteiger partial charge in [0.15, 0.2) is 0 Å². The van der Waals surface area contributed by atoms with Gasteiger partial charge in [-0.2, -0.15) is 0 Å². The second-order valence-corrected chi connectivity index (χ2v) is 15.6. The van der Waals surface area contributed by atoms with Gasteiger partial charge in [0.05, 0.1) is 11.0 Å². The summed E-state index contributed by atoms with van der Waals surface area (Å²) in [6.45, 7) is 8.10. The van der Waals surface area contributed by atoms with Crippen LogP contribution in [0.1, 0.15) is 73.4 Å². The summed E-state index contributed by atoms with van der Waals surface area (Å²) in [7, 11) is 0. The number of fused-ring (bicyclic) bond motifs is 9. The molecule has 252 valence electrons. The molecular weight excluding hydrogens is 633 g/mol. The van der Waals surface area contributed by atoms with Crippen LogP contribution < -0.4 is 10.2 Å². The van der Waals surface area contributed by atoms with Gasteiger partial charge in [-0.15, -0.1) is 0 Å². The summed E-state index contributed by atoms with van der Waals surface area (Å²) in [4.78, 5) is 8.18. The molecule has 2 aliphatic heterocycles. The SMILES string of the molecule is CC1CN(c2ccccc2)c2cc3c(cc21)c1c2ccccc2ccc1n3C1=NC(c2ccc3c(c2)C(C)(C)C2=C3CCC=C2)c2ccccc2N1. The molecule has 0 saturated heterocycles. The molecule has 0 spiro atoms. The predicted molar refractivity (Wildman–Crippen MR) is 218 cm³/mol. The number of para-hydroxylation sites is 2. The zero-order valence-electron chi connectivity index (χ0n) is 29.8. The maximum Gasteiger partial charge on any atom is 0.208 e. The normalized spacial score (nSPS) is 19.8. The molecule has 0 bridgehead atoms. The first-order valence-electron chi connectivity index (χ1n) is 18.8. The van der Waals surface area contributed by atoms with Gasteiger partial charge < -0.3 is 10.2 Å². The summed E-state index contributed by atoms with van der Waals surface area (Å²) < 4.78 is 2.40. The van der Waals surface area contributed by atoms with Crippen LogP contribution >= 0.6 is 0 Å². The van der Waals surface area contributed by atoms with E-state index in [9.17, 15) is 0 Å². The van der Waals surface area contributed by atoms with Crippen molar-refractivity contribution >= 4 is 61.2 Å². The van der Waals surface area contributed by atoms with Gasteiger partial charge in [0.1, 0.15) is 6.04 Å². The minimum absolute atomic E-state index is 0.0351. The van der Waals surface area contributed by atoms with E-state index in [-0.39, 0.29) is 11.5 Å². The Morgan fingerprint density at radius 1 is 0.769 bits per heavy atom. The lowest BCUT2D eigenvalue weighted by Crippen LogP contribution is -2.27. The van der Waals surface area contributed by atoms with Gasteiger partial charge in [0, 0.05) is 51.3 Å². The number of nitrogens with zero attached hydrogens (tertiary/aromatic N) is 3. The number of hydrogen-bond acceptors (Lipinski definition) is 3. The Balaban J connectivity index is 1.15. The fourth-order valence-electron chi connectivity index (χ4n) is 9.77. The second kappa shape index (κ2) is 10.8. The third kappa shape index (κ3) is 4.12. The Hall–Kier alpha value is -5.87. The van der Waals surface area contributed by atoms with Crippen molar-refractivity contribution in [3.8, 4) is 0 Å². The van der Waals surface area contributed by atoms with Gasteiger partial charge in [-0.1, -0.05) is 118 Å². The quantitative estimate of drug-likeness (QED) is 0.198. The van der Waals surface area contributed by atoms with E-state index in [1.54, 1.807) is 0 Å². The Bertz CT molecular complexity index is 2740. The third-order valence-electron chi connectivity index (χ3n) is 12.3. The number of anilines is 3. The molecule has 4 nitrogen and oxygen atoms in total. The number of benzene rings is 6. The van der Waals surface area contributed by atoms with Crippen LogP contribution in [-0.2, 0) is 5.41 Å². The van der Waals surface area contributed by atoms with Crippen LogP contribution in [0.15, 0.2) is 144 Å². The monoisotopic (exact) mass is 672 g/mol. The van der Waals surface area contributed by atoms with Crippen LogP contribution in [0.25, 0.3) is 38.2 Å². The van der Waals surface area contributed by atoms with Crippen LogP contribution in [0.4, 0.5) is 17.1 Å². The Labute approximate surface area is 304 Å². The lowest BCUT2D eigenvalue weighted by Gasteiger charge is -2.28. The minimum Gasteiger partial charge on any atom is -0.341 e. The Kier molecular flexibility index (Phi) is 6.20. The molecule has 0 fully saturated rings. The number of nitrogens with one attached hydrogen (secondary N) is 1. The van der Waals surface area contributed by atoms with Gasteiger partial charge in [-0.25, -0.2) is 4.99 Å². The highest BCUT2D eigenvalue weighted by atomic mass is 15.2. The topological polar surface area (TPSA) is 32.6 Å². The van der Waals surface area contributed by atoms with Crippen molar-refractivity contribution in [1.82, 2.24) is 4.57 Å². The average Bonchev–Trinajstić information content (AvgIpc) is 3.78. The van der Waals surface area contributed by atoms with Crippen LogP contribution in [-0.4, -0.2) is 17.1 Å². The Morgan fingerprint density at radius 3 is 2.50 bits per heavy atom. The number of aromatic nitrogens is 1. The molecule has 7 aromatic rings. The summed E-state index contributed by atoms with van der Waals surface area (Å²) in [5.41, 5.74) is 15.6. The summed E-state index contributed by atoms with van der Waals surface area (Å²) >= 11 is 0. The van der Waals surface area contributed by atoms with E-state index in [1.807, 2.05) is 0 Å². The van der Waals surface area contributed by atoms with Crippen LogP contribution in [0.3, 0.4) is 0 Å². The van der Waals surface area contributed by atoms with Gasteiger partial charge in [0.25, 0.3) is 0 Å². The first-order valence-corrected chi connectivity index (χ1v) is 18.8. The van der Waals surface area contributed by atoms with Gasteiger partial charge in [-0.3, -0.25) is 4.57 Å². The smallest absolute Gasteiger partial charge is 0.208 e. The van der Waals surface area contributed by atoms with E-state index in [2.05, 4.69) is 169 Å². The molecule has 3 heterocycles. The number of allylic oxidation sites excluding steroid dienone is 4. The van der Waals surface area contributed by atoms with Crippen LogP contribution in [0.5, 0.6) is 0 Å². The molecule has 52 heavy (non-hydrogen) atoms. The first kappa shape index (κ1) is 29.8. The third-order valence-corrected chi connectivity index (χ3v) is 12.3. The van der Waals surface area contributed by atoms with Crippen molar-refractivity contribution in [1.29, 1.82) is 0 Å². The number of rotatable bonds is 2. The summed E-state index contributed by atoms with van der Waals surface area (Å²) in [5.74, 6) is 1.27. The lowest BCUT2D eigenvalue weighted by molar-refractivity contribution is 0.649. The number of hydrogen-bond donors (Lipinski definition) is 1. The van der Waals surface area contributed by atoms with Crippen molar-refractivity contribution in [3.63, 3.8) is 0 Å². The molecule has 2 aliphatic carbocycles. The summed E-state index contributed by atoms with van der Waals surface area (Å²) in [5, 5.41) is 8.92. The molecule has 2 unspecified atom stereocenters. The van der Waals surface area contributed by atoms with Crippen LogP contribution in [0, 0.1) is 0 Å². The fourth-order valence-corrected chi connectivity index (χ4v) is 9.77. The molecule has 1 aromatic heterocycles. The Morgan fingerprint density at radius 2 is 1.60 bits per heavy atom. The van der Waals surface area contributed by atoms with Crippen molar-refractivity contribution in [2.75, 3.05) is 16.8 Å². The summed E-state index contributed by atoms with van der Waals surface area (Å²) in [6.07, 6.45) is 6.95. The molecule has 6 aromatic carbocycles. The first-order chi connectivity index (χ1) is 25.5. The van der Waals surface area contributed by atoms with E-state index in [0.29, 0.717) is 5.92 Å². The maximum absolute atomic E-state index is 5.69. The average molecular weight is 673 g/mol.